The number of methoxy groups -OCH3 is 2. The first-order valence-corrected chi connectivity index (χ1v) is 9.33. The van der Waals surface area contributed by atoms with Crippen molar-refractivity contribution in [3.05, 3.63) is 62.5 Å². The van der Waals surface area contributed by atoms with Gasteiger partial charge in [0.1, 0.15) is 12.1 Å². The molecule has 0 fully saturated rings. The predicted molar refractivity (Wildman–Crippen MR) is 109 cm³/mol. The fourth-order valence-corrected chi connectivity index (χ4v) is 3.16. The molecule has 0 aliphatic heterocycles. The van der Waals surface area contributed by atoms with E-state index in [9.17, 15) is 14.8 Å². The molecule has 0 aliphatic rings. The van der Waals surface area contributed by atoms with Crippen LogP contribution >= 0.6 is 23.2 Å². The molecule has 1 heterocycles. The first-order valence-electron chi connectivity index (χ1n) is 8.58. The smallest absolute Gasteiger partial charge is 0.338 e. The average Bonchev–Trinajstić information content (AvgIpc) is 2.72. The molecule has 8 nitrogen and oxygen atoms in total. The molecule has 0 amide bonds. The Kier molecular flexibility index (Phi) is 6.28. The highest BCUT2D eigenvalue weighted by Gasteiger charge is 2.25. The van der Waals surface area contributed by atoms with Crippen molar-refractivity contribution in [2.45, 2.75) is 13.5 Å². The van der Waals surface area contributed by atoms with Gasteiger partial charge >= 0.3 is 5.97 Å². The molecule has 1 aromatic heterocycles. The number of aromatic nitrogens is 2. The number of benzene rings is 2. The number of nitrogens with zero attached hydrogens (tertiary/aromatic N) is 2. The zero-order valence-corrected chi connectivity index (χ0v) is 17.7. The van der Waals surface area contributed by atoms with Gasteiger partial charge in [0.05, 0.1) is 29.8 Å². The van der Waals surface area contributed by atoms with E-state index in [-0.39, 0.29) is 38.0 Å². The monoisotopic (exact) mass is 450 g/mol. The second-order valence-corrected chi connectivity index (χ2v) is 6.97. The van der Waals surface area contributed by atoms with E-state index in [0.29, 0.717) is 16.2 Å². The van der Waals surface area contributed by atoms with Gasteiger partial charge in [0.2, 0.25) is 11.3 Å². The molecule has 0 radical (unpaired) electrons. The molecule has 0 bridgehead atoms. The minimum atomic E-state index is -0.695. The van der Waals surface area contributed by atoms with Crippen molar-refractivity contribution in [1.29, 1.82) is 0 Å². The van der Waals surface area contributed by atoms with Crippen molar-refractivity contribution in [2.75, 3.05) is 14.2 Å². The summed E-state index contributed by atoms with van der Waals surface area (Å²) in [4.78, 5) is 28.8. The third kappa shape index (κ3) is 4.10. The van der Waals surface area contributed by atoms with E-state index in [2.05, 4.69) is 4.98 Å². The maximum Gasteiger partial charge on any atom is 0.338 e. The standard InChI is InChI=1S/C20H16Cl2N2O6/c1-10(25)19-15(23-14-7-12(21)13(22)8-16(14)24(19)27)9-30-20(26)11-4-5-17(28-2)18(6-11)29-3/h4-8H,9H2,1-3H3. The van der Waals surface area contributed by atoms with Crippen molar-refractivity contribution in [3.8, 4) is 11.5 Å². The Morgan fingerprint density at radius 1 is 1.07 bits per heavy atom. The van der Waals surface area contributed by atoms with Gasteiger partial charge in [-0.05, 0) is 24.3 Å². The number of carbonyl (C=O) groups excluding carboxylic acids is 2. The number of Topliss-reactive ketones (excluding diaryl/α,β-unsaturated/α-hetero) is 1. The number of halogens is 2. The lowest BCUT2D eigenvalue weighted by atomic mass is 10.2. The summed E-state index contributed by atoms with van der Waals surface area (Å²) in [6.45, 7) is 0.814. The first-order chi connectivity index (χ1) is 14.3. The number of hydrogen-bond donors (Lipinski definition) is 0. The Hall–Kier alpha value is -3.10. The van der Waals surface area contributed by atoms with E-state index in [4.69, 9.17) is 37.4 Å². The van der Waals surface area contributed by atoms with Crippen molar-refractivity contribution in [1.82, 2.24) is 4.98 Å². The van der Waals surface area contributed by atoms with E-state index in [0.717, 1.165) is 0 Å². The molecule has 0 spiro atoms. The summed E-state index contributed by atoms with van der Waals surface area (Å²) in [6.07, 6.45) is 0. The molecule has 10 heteroatoms. The van der Waals surface area contributed by atoms with Crippen LogP contribution in [0.1, 0.15) is 33.5 Å². The van der Waals surface area contributed by atoms with Crippen LogP contribution in [0.15, 0.2) is 30.3 Å². The Balaban J connectivity index is 1.95. The van der Waals surface area contributed by atoms with Gasteiger partial charge in [-0.25, -0.2) is 9.78 Å². The fraction of sp³-hybridized carbons (Fsp3) is 0.200. The molecule has 2 aromatic carbocycles. The summed E-state index contributed by atoms with van der Waals surface area (Å²) >= 11 is 12.0. The number of esters is 1. The normalized spacial score (nSPS) is 10.7. The SMILES string of the molecule is COc1ccc(C(=O)OCc2nc3cc(Cl)c(Cl)cc3[n+]([O-])c2C(C)=O)cc1OC. The Labute approximate surface area is 181 Å². The third-order valence-electron chi connectivity index (χ3n) is 4.26. The minimum Gasteiger partial charge on any atom is -0.618 e. The van der Waals surface area contributed by atoms with Crippen LogP contribution in [0.25, 0.3) is 11.0 Å². The molecule has 0 atom stereocenters. The van der Waals surface area contributed by atoms with Gasteiger partial charge in [-0.3, -0.25) is 4.79 Å². The Morgan fingerprint density at radius 2 is 1.73 bits per heavy atom. The van der Waals surface area contributed by atoms with Crippen LogP contribution in [0.2, 0.25) is 10.0 Å². The first kappa shape index (κ1) is 21.6. The van der Waals surface area contributed by atoms with E-state index in [1.54, 1.807) is 6.07 Å². The van der Waals surface area contributed by atoms with Gasteiger partial charge < -0.3 is 19.4 Å². The fourth-order valence-electron chi connectivity index (χ4n) is 2.84. The van der Waals surface area contributed by atoms with E-state index < -0.39 is 18.4 Å². The highest BCUT2D eigenvalue weighted by molar-refractivity contribution is 6.42. The largest absolute Gasteiger partial charge is 0.618 e. The van der Waals surface area contributed by atoms with Crippen LogP contribution in [0.4, 0.5) is 0 Å². The highest BCUT2D eigenvalue weighted by Crippen LogP contribution is 2.28. The summed E-state index contributed by atoms with van der Waals surface area (Å²) in [7, 11) is 2.91. The number of hydrogen-bond acceptors (Lipinski definition) is 7. The number of ether oxygens (including phenoxy) is 3. The van der Waals surface area contributed by atoms with Gasteiger partial charge in [-0.15, -0.1) is 0 Å². The number of ketones is 1. The average molecular weight is 451 g/mol. The molecule has 156 valence electrons. The van der Waals surface area contributed by atoms with Crippen LogP contribution in [-0.2, 0) is 11.3 Å². The van der Waals surface area contributed by atoms with Crippen molar-refractivity contribution in [2.24, 2.45) is 0 Å². The molecule has 3 rings (SSSR count). The van der Waals surface area contributed by atoms with E-state index >= 15 is 0 Å². The topological polar surface area (TPSA) is 102 Å². The quantitative estimate of drug-likeness (QED) is 0.244. The summed E-state index contributed by atoms with van der Waals surface area (Å²) in [5.41, 5.74) is 0.229. The van der Waals surface area contributed by atoms with Gasteiger partial charge in [0.15, 0.2) is 17.2 Å². The highest BCUT2D eigenvalue weighted by atomic mass is 35.5. The summed E-state index contributed by atoms with van der Waals surface area (Å²) in [5, 5.41) is 13.1. The lowest BCUT2D eigenvalue weighted by Gasteiger charge is -2.12. The third-order valence-corrected chi connectivity index (χ3v) is 4.98. The minimum absolute atomic E-state index is 0.00258. The molecular weight excluding hydrogens is 435 g/mol. The van der Waals surface area contributed by atoms with Gasteiger partial charge in [-0.1, -0.05) is 23.2 Å². The van der Waals surface area contributed by atoms with Crippen molar-refractivity contribution >= 4 is 46.0 Å². The summed E-state index contributed by atoms with van der Waals surface area (Å²) in [5.74, 6) is -0.433. The maximum atomic E-state index is 12.7. The number of carbonyl (C=O) groups is 2. The van der Waals surface area contributed by atoms with Crippen molar-refractivity contribution < 1.29 is 28.5 Å². The van der Waals surface area contributed by atoms with E-state index in [1.807, 2.05) is 0 Å². The molecule has 0 unspecified atom stereocenters. The van der Waals surface area contributed by atoms with Gasteiger partial charge in [0, 0.05) is 13.0 Å². The number of fused-ring (bicyclic) bond motifs is 1. The van der Waals surface area contributed by atoms with Crippen LogP contribution in [0.5, 0.6) is 11.5 Å². The summed E-state index contributed by atoms with van der Waals surface area (Å²) < 4.78 is 16.0. The van der Waals surface area contributed by atoms with E-state index in [1.165, 1.54) is 45.4 Å². The van der Waals surface area contributed by atoms with Crippen LogP contribution in [0, 0.1) is 5.21 Å². The molecule has 0 N–H and O–H groups in total. The second kappa shape index (κ2) is 8.73. The lowest BCUT2D eigenvalue weighted by molar-refractivity contribution is -0.580. The molecule has 30 heavy (non-hydrogen) atoms. The lowest BCUT2D eigenvalue weighted by Crippen LogP contribution is -2.37. The Bertz CT molecular complexity index is 1170. The Morgan fingerprint density at radius 3 is 2.37 bits per heavy atom. The molecule has 0 aliphatic carbocycles. The molecule has 3 aromatic rings. The van der Waals surface area contributed by atoms with Gasteiger partial charge in [0.25, 0.3) is 5.69 Å². The summed E-state index contributed by atoms with van der Waals surface area (Å²) in [6, 6.07) is 7.24. The molecule has 0 saturated carbocycles. The van der Waals surface area contributed by atoms with Crippen LogP contribution < -0.4 is 14.2 Å². The molecular formula is C20H16Cl2N2O6. The number of rotatable bonds is 6. The maximum absolute atomic E-state index is 12.7. The van der Waals surface area contributed by atoms with Gasteiger partial charge in [-0.2, -0.15) is 4.73 Å². The molecule has 0 saturated heterocycles. The zero-order chi connectivity index (χ0) is 22.0. The van der Waals surface area contributed by atoms with Crippen LogP contribution in [0.3, 0.4) is 0 Å². The second-order valence-electron chi connectivity index (χ2n) is 6.16. The van der Waals surface area contributed by atoms with Crippen LogP contribution in [-0.4, -0.2) is 31.0 Å². The van der Waals surface area contributed by atoms with Crippen molar-refractivity contribution in [3.63, 3.8) is 0 Å². The zero-order valence-electron chi connectivity index (χ0n) is 16.2. The predicted octanol–water partition coefficient (Wildman–Crippen LogP) is 3.75.